The van der Waals surface area contributed by atoms with Gasteiger partial charge in [-0.1, -0.05) is 84.9 Å². The van der Waals surface area contributed by atoms with Crippen molar-refractivity contribution < 1.29 is 17.0 Å². The third-order valence-corrected chi connectivity index (χ3v) is 15.1. The molecule has 4 aromatic rings. The minimum Gasteiger partial charge on any atom is -1.00 e. The second-order valence-electron chi connectivity index (χ2n) is 8.61. The molecule has 1 fully saturated rings. The molecule has 1 heterocycles. The molecule has 0 saturated carbocycles. The van der Waals surface area contributed by atoms with Crippen molar-refractivity contribution in [2.24, 2.45) is 0 Å². The summed E-state index contributed by atoms with van der Waals surface area (Å²) in [6.07, 6.45) is 1.29. The van der Waals surface area contributed by atoms with Gasteiger partial charge in [-0.05, 0) is 66.8 Å². The maximum absolute atomic E-state index is 2.52. The van der Waals surface area contributed by atoms with Crippen molar-refractivity contribution in [3.63, 3.8) is 0 Å². The highest BCUT2D eigenvalue weighted by atomic mass is 79.9. The fraction of sp³-hybridized carbons (Fsp3) is 0.200. The fourth-order valence-corrected chi connectivity index (χ4v) is 14.6. The Bertz CT molecular complexity index is 1050. The largest absolute Gasteiger partial charge is 1.00 e. The van der Waals surface area contributed by atoms with E-state index < -0.39 is 7.26 Å². The van der Waals surface area contributed by atoms with E-state index in [0.717, 1.165) is 0 Å². The quantitative estimate of drug-likeness (QED) is 0.320. The van der Waals surface area contributed by atoms with Gasteiger partial charge in [-0.2, -0.15) is 0 Å². The SMILES string of the molecule is CC1(C(c2ccccc2)[P+](c2ccccc2)(c2ccccc2)c2ccccc2)SCCCS1.[Br-]. The first-order valence-corrected chi connectivity index (χ1v) is 15.5. The van der Waals surface area contributed by atoms with Crippen molar-refractivity contribution in [3.8, 4) is 0 Å². The standard InChI is InChI=1S/C30H30PS2.BrH/c1-30(32-23-14-24-33-30)29(25-15-6-2-7-16-25)31(26-17-8-3-9-18-26,27-19-10-4-11-20-27)28-21-12-5-13-22-28;/h2-13,15-22,29H,14,23-24H2,1H3;1H/q+1;/p-1. The van der Waals surface area contributed by atoms with Crippen LogP contribution in [0, 0.1) is 0 Å². The van der Waals surface area contributed by atoms with Crippen molar-refractivity contribution in [1.82, 2.24) is 0 Å². The maximum atomic E-state index is 2.52. The van der Waals surface area contributed by atoms with E-state index in [1.54, 1.807) is 0 Å². The van der Waals surface area contributed by atoms with Crippen LogP contribution in [-0.4, -0.2) is 15.6 Å². The number of hydrogen-bond acceptors (Lipinski definition) is 2. The number of halogens is 1. The third kappa shape index (κ3) is 4.78. The Balaban J connectivity index is 0.00000274. The monoisotopic (exact) mass is 564 g/mol. The van der Waals surface area contributed by atoms with Crippen LogP contribution in [-0.2, 0) is 0 Å². The van der Waals surface area contributed by atoms with Gasteiger partial charge in [0.1, 0.15) is 28.8 Å². The van der Waals surface area contributed by atoms with E-state index >= 15 is 0 Å². The second-order valence-corrected chi connectivity index (χ2v) is 15.5. The lowest BCUT2D eigenvalue weighted by Gasteiger charge is -2.45. The highest BCUT2D eigenvalue weighted by molar-refractivity contribution is 8.19. The zero-order valence-corrected chi connectivity index (χ0v) is 23.5. The molecule has 0 amide bonds. The molecule has 1 saturated heterocycles. The van der Waals surface area contributed by atoms with Crippen LogP contribution >= 0.6 is 30.8 Å². The van der Waals surface area contributed by atoms with Gasteiger partial charge in [-0.25, -0.2) is 0 Å². The molecule has 0 spiro atoms. The summed E-state index contributed by atoms with van der Waals surface area (Å²) < 4.78 is 0.0783. The molecule has 0 bridgehead atoms. The molecule has 1 atom stereocenters. The molecule has 1 unspecified atom stereocenters. The van der Waals surface area contributed by atoms with E-state index in [0.29, 0.717) is 5.66 Å². The Morgan fingerprint density at radius 1 is 0.588 bits per heavy atom. The summed E-state index contributed by atoms with van der Waals surface area (Å²) in [7, 11) is -2.06. The van der Waals surface area contributed by atoms with Crippen LogP contribution in [0.1, 0.15) is 24.6 Å². The summed E-state index contributed by atoms with van der Waals surface area (Å²) in [5, 5.41) is 4.39. The summed E-state index contributed by atoms with van der Waals surface area (Å²) in [6, 6.07) is 45.4. The Hall–Kier alpha value is -1.51. The molecule has 4 aromatic carbocycles. The molecule has 5 rings (SSSR count). The molecule has 1 aliphatic rings. The summed E-state index contributed by atoms with van der Waals surface area (Å²) in [5.74, 6) is 2.45. The molecular formula is C30H30BrPS2. The maximum Gasteiger partial charge on any atom is 0.132 e. The van der Waals surface area contributed by atoms with E-state index in [1.807, 2.05) is 0 Å². The van der Waals surface area contributed by atoms with Gasteiger partial charge in [0.05, 0.1) is 4.08 Å². The molecule has 4 heteroatoms. The van der Waals surface area contributed by atoms with Gasteiger partial charge in [-0.3, -0.25) is 0 Å². The van der Waals surface area contributed by atoms with E-state index in [4.69, 9.17) is 0 Å². The predicted molar refractivity (Wildman–Crippen MR) is 152 cm³/mol. The lowest BCUT2D eigenvalue weighted by Crippen LogP contribution is -3.00. The van der Waals surface area contributed by atoms with E-state index in [1.165, 1.54) is 39.4 Å². The zero-order chi connectivity index (χ0) is 22.6. The van der Waals surface area contributed by atoms with Gasteiger partial charge < -0.3 is 17.0 Å². The van der Waals surface area contributed by atoms with E-state index in [-0.39, 0.29) is 21.1 Å². The Kier molecular flexibility index (Phi) is 8.64. The fourth-order valence-electron chi connectivity index (χ4n) is 5.21. The number of thioether (sulfide) groups is 2. The van der Waals surface area contributed by atoms with Crippen LogP contribution in [0.15, 0.2) is 121 Å². The van der Waals surface area contributed by atoms with Crippen LogP contribution < -0.4 is 32.9 Å². The third-order valence-electron chi connectivity index (χ3n) is 6.56. The van der Waals surface area contributed by atoms with E-state index in [2.05, 4.69) is 152 Å². The highest BCUT2D eigenvalue weighted by Crippen LogP contribution is 2.74. The van der Waals surface area contributed by atoms with Gasteiger partial charge in [0.25, 0.3) is 0 Å². The predicted octanol–water partition coefficient (Wildman–Crippen LogP) is 4.31. The molecule has 1 aliphatic heterocycles. The Morgan fingerprint density at radius 3 is 1.32 bits per heavy atom. The van der Waals surface area contributed by atoms with Crippen LogP contribution in [0.5, 0.6) is 0 Å². The number of benzene rings is 4. The first kappa shape index (κ1) is 25.6. The van der Waals surface area contributed by atoms with Crippen LogP contribution in [0.3, 0.4) is 0 Å². The van der Waals surface area contributed by atoms with Crippen molar-refractivity contribution >= 4 is 46.7 Å². The topological polar surface area (TPSA) is 0 Å². The van der Waals surface area contributed by atoms with Crippen LogP contribution in [0.25, 0.3) is 0 Å². The van der Waals surface area contributed by atoms with Gasteiger partial charge in [0.15, 0.2) is 0 Å². The molecule has 0 aromatic heterocycles. The second kappa shape index (κ2) is 11.5. The molecule has 174 valence electrons. The van der Waals surface area contributed by atoms with Crippen molar-refractivity contribution in [2.75, 3.05) is 11.5 Å². The minimum absolute atomic E-state index is 0. The summed E-state index contributed by atoms with van der Waals surface area (Å²) in [4.78, 5) is 0. The van der Waals surface area contributed by atoms with Crippen molar-refractivity contribution in [1.29, 1.82) is 0 Å². The lowest BCUT2D eigenvalue weighted by atomic mass is 10.1. The molecule has 34 heavy (non-hydrogen) atoms. The first-order chi connectivity index (χ1) is 16.2. The number of rotatable bonds is 6. The summed E-state index contributed by atoms with van der Waals surface area (Å²) in [5.41, 5.74) is 1.81. The van der Waals surface area contributed by atoms with Crippen molar-refractivity contribution in [3.05, 3.63) is 127 Å². The van der Waals surface area contributed by atoms with Gasteiger partial charge in [0, 0.05) is 0 Å². The average molecular weight is 566 g/mol. The summed E-state index contributed by atoms with van der Waals surface area (Å²) >= 11 is 4.34. The van der Waals surface area contributed by atoms with E-state index in [9.17, 15) is 0 Å². The Labute approximate surface area is 224 Å². The van der Waals surface area contributed by atoms with Gasteiger partial charge in [-0.15, -0.1) is 23.5 Å². The molecule has 0 N–H and O–H groups in total. The average Bonchev–Trinajstić information content (AvgIpc) is 2.89. The normalized spacial score (nSPS) is 16.3. The molecular weight excluding hydrogens is 535 g/mol. The molecule has 0 nitrogen and oxygen atoms in total. The molecule has 0 aliphatic carbocycles. The molecule has 0 radical (unpaired) electrons. The minimum atomic E-state index is -2.06. The zero-order valence-electron chi connectivity index (χ0n) is 19.4. The van der Waals surface area contributed by atoms with Gasteiger partial charge >= 0.3 is 0 Å². The lowest BCUT2D eigenvalue weighted by molar-refractivity contribution is -0.00000631. The first-order valence-electron chi connectivity index (χ1n) is 11.6. The van der Waals surface area contributed by atoms with Crippen LogP contribution in [0.2, 0.25) is 0 Å². The smallest absolute Gasteiger partial charge is 0.132 e. The van der Waals surface area contributed by atoms with Crippen LogP contribution in [0.4, 0.5) is 0 Å². The van der Waals surface area contributed by atoms with Crippen molar-refractivity contribution in [2.45, 2.75) is 23.1 Å². The van der Waals surface area contributed by atoms with Gasteiger partial charge in [0.2, 0.25) is 0 Å². The number of hydrogen-bond donors (Lipinski definition) is 0. The summed E-state index contributed by atoms with van der Waals surface area (Å²) in [6.45, 7) is 2.52. The highest BCUT2D eigenvalue weighted by Gasteiger charge is 2.60. The Morgan fingerprint density at radius 2 is 0.941 bits per heavy atom.